The van der Waals surface area contributed by atoms with E-state index < -0.39 is 0 Å². The second-order valence-electron chi connectivity index (χ2n) is 4.33. The van der Waals surface area contributed by atoms with Crippen molar-refractivity contribution in [2.75, 3.05) is 19.8 Å². The van der Waals surface area contributed by atoms with Crippen molar-refractivity contribution in [1.82, 2.24) is 5.32 Å². The van der Waals surface area contributed by atoms with E-state index in [1.807, 2.05) is 38.1 Å². The lowest BCUT2D eigenvalue weighted by molar-refractivity contribution is -0.126. The average molecular weight is 275 g/mol. The lowest BCUT2D eigenvalue weighted by Crippen LogP contribution is -2.30. The molecular formula is C16H21NO3. The van der Waals surface area contributed by atoms with E-state index in [9.17, 15) is 4.79 Å². The molecule has 0 fully saturated rings. The number of rotatable bonds is 6. The van der Waals surface area contributed by atoms with Crippen LogP contribution in [0.3, 0.4) is 0 Å². The van der Waals surface area contributed by atoms with Crippen LogP contribution in [0.25, 0.3) is 0 Å². The Kier molecular flexibility index (Phi) is 7.41. The van der Waals surface area contributed by atoms with Gasteiger partial charge in [-0.2, -0.15) is 0 Å². The summed E-state index contributed by atoms with van der Waals surface area (Å²) in [6, 6.07) is 7.60. The van der Waals surface area contributed by atoms with Crippen LogP contribution < -0.4 is 5.32 Å². The van der Waals surface area contributed by atoms with Gasteiger partial charge in [0, 0.05) is 18.6 Å². The van der Waals surface area contributed by atoms with Gasteiger partial charge in [-0.25, -0.2) is 0 Å². The Labute approximate surface area is 120 Å². The second kappa shape index (κ2) is 9.13. The highest BCUT2D eigenvalue weighted by atomic mass is 16.5. The highest BCUT2D eigenvalue weighted by Gasteiger charge is 2.09. The topological polar surface area (TPSA) is 58.6 Å². The standard InChI is InChI=1S/C16H21NO3/c1-3-20-12-16(19)17-13(2)15-9-6-8-14(11-15)7-4-5-10-18/h6,8-9,11,13,18H,3,5,10,12H2,1-2H3,(H,17,19). The molecule has 4 nitrogen and oxygen atoms in total. The number of nitrogens with one attached hydrogen (secondary N) is 1. The molecule has 0 saturated heterocycles. The molecule has 0 aliphatic carbocycles. The van der Waals surface area contributed by atoms with E-state index in [1.54, 1.807) is 0 Å². The average Bonchev–Trinajstić information content (AvgIpc) is 2.45. The van der Waals surface area contributed by atoms with Gasteiger partial charge in [0.1, 0.15) is 6.61 Å². The molecule has 108 valence electrons. The van der Waals surface area contributed by atoms with E-state index in [0.29, 0.717) is 13.0 Å². The van der Waals surface area contributed by atoms with E-state index in [1.165, 1.54) is 0 Å². The van der Waals surface area contributed by atoms with Crippen molar-refractivity contribution >= 4 is 5.91 Å². The highest BCUT2D eigenvalue weighted by Crippen LogP contribution is 2.13. The Bertz CT molecular complexity index is 488. The van der Waals surface area contributed by atoms with E-state index in [0.717, 1.165) is 11.1 Å². The maximum Gasteiger partial charge on any atom is 0.246 e. The minimum Gasteiger partial charge on any atom is -0.395 e. The molecule has 1 aromatic rings. The summed E-state index contributed by atoms with van der Waals surface area (Å²) >= 11 is 0. The number of hydrogen-bond donors (Lipinski definition) is 2. The largest absolute Gasteiger partial charge is 0.395 e. The van der Waals surface area contributed by atoms with Gasteiger partial charge < -0.3 is 15.2 Å². The predicted octanol–water partition coefficient (Wildman–Crippen LogP) is 1.63. The fourth-order valence-corrected chi connectivity index (χ4v) is 1.67. The van der Waals surface area contributed by atoms with Crippen LogP contribution in [0.4, 0.5) is 0 Å². The van der Waals surface area contributed by atoms with Crippen molar-refractivity contribution in [3.8, 4) is 11.8 Å². The Hall–Kier alpha value is -1.83. The lowest BCUT2D eigenvalue weighted by atomic mass is 10.1. The van der Waals surface area contributed by atoms with Crippen LogP contribution in [0, 0.1) is 11.8 Å². The first-order chi connectivity index (χ1) is 9.67. The van der Waals surface area contributed by atoms with Gasteiger partial charge in [-0.05, 0) is 31.5 Å². The Morgan fingerprint density at radius 2 is 2.30 bits per heavy atom. The van der Waals surface area contributed by atoms with Crippen LogP contribution in [0.5, 0.6) is 0 Å². The molecule has 0 aliphatic heterocycles. The van der Waals surface area contributed by atoms with Gasteiger partial charge >= 0.3 is 0 Å². The molecule has 2 N–H and O–H groups in total. The predicted molar refractivity (Wildman–Crippen MR) is 78.1 cm³/mol. The third-order valence-corrected chi connectivity index (χ3v) is 2.67. The molecule has 0 aliphatic rings. The van der Waals surface area contributed by atoms with Crippen molar-refractivity contribution in [3.63, 3.8) is 0 Å². The van der Waals surface area contributed by atoms with E-state index in [4.69, 9.17) is 9.84 Å². The van der Waals surface area contributed by atoms with Gasteiger partial charge in [-0.15, -0.1) is 0 Å². The van der Waals surface area contributed by atoms with Gasteiger partial charge in [0.2, 0.25) is 5.91 Å². The molecule has 20 heavy (non-hydrogen) atoms. The molecule has 0 spiro atoms. The number of hydrogen-bond acceptors (Lipinski definition) is 3. The van der Waals surface area contributed by atoms with Crippen molar-refractivity contribution in [2.24, 2.45) is 0 Å². The lowest BCUT2D eigenvalue weighted by Gasteiger charge is -2.14. The molecule has 1 atom stereocenters. The summed E-state index contributed by atoms with van der Waals surface area (Å²) in [5, 5.41) is 11.6. The maximum absolute atomic E-state index is 11.6. The number of carbonyl (C=O) groups is 1. The van der Waals surface area contributed by atoms with Crippen LogP contribution in [-0.2, 0) is 9.53 Å². The second-order valence-corrected chi connectivity index (χ2v) is 4.33. The Morgan fingerprint density at radius 1 is 1.50 bits per heavy atom. The van der Waals surface area contributed by atoms with Gasteiger partial charge in [-0.3, -0.25) is 4.79 Å². The minimum absolute atomic E-state index is 0.0661. The zero-order valence-electron chi connectivity index (χ0n) is 12.0. The highest BCUT2D eigenvalue weighted by molar-refractivity contribution is 5.77. The fraction of sp³-hybridized carbons (Fsp3) is 0.438. The molecule has 0 aromatic heterocycles. The van der Waals surface area contributed by atoms with E-state index in [-0.39, 0.29) is 25.2 Å². The molecule has 0 bridgehead atoms. The zero-order valence-corrected chi connectivity index (χ0v) is 12.0. The van der Waals surface area contributed by atoms with Crippen molar-refractivity contribution < 1.29 is 14.6 Å². The van der Waals surface area contributed by atoms with Gasteiger partial charge in [0.15, 0.2) is 0 Å². The smallest absolute Gasteiger partial charge is 0.246 e. The van der Waals surface area contributed by atoms with Crippen LogP contribution >= 0.6 is 0 Å². The minimum atomic E-state index is -0.129. The van der Waals surface area contributed by atoms with Gasteiger partial charge in [-0.1, -0.05) is 24.0 Å². The van der Waals surface area contributed by atoms with Crippen LogP contribution in [0.2, 0.25) is 0 Å². The Balaban J connectivity index is 2.64. The van der Waals surface area contributed by atoms with Gasteiger partial charge in [0.05, 0.1) is 12.6 Å². The molecule has 1 rings (SSSR count). The SMILES string of the molecule is CCOCC(=O)NC(C)c1cccc(C#CCCO)c1. The number of benzene rings is 1. The number of aliphatic hydroxyl groups is 1. The van der Waals surface area contributed by atoms with Crippen LogP contribution in [0.15, 0.2) is 24.3 Å². The molecule has 1 unspecified atom stereocenters. The monoisotopic (exact) mass is 275 g/mol. The summed E-state index contributed by atoms with van der Waals surface area (Å²) in [6.07, 6.45) is 0.463. The zero-order chi connectivity index (χ0) is 14.8. The molecule has 1 amide bonds. The molecule has 0 radical (unpaired) electrons. The summed E-state index contributed by atoms with van der Waals surface area (Å²) in [5.74, 6) is 5.73. The third kappa shape index (κ3) is 5.87. The quantitative estimate of drug-likeness (QED) is 0.776. The number of carbonyl (C=O) groups excluding carboxylic acids is 1. The molecule has 1 aromatic carbocycles. The van der Waals surface area contributed by atoms with Gasteiger partial charge in [0.25, 0.3) is 0 Å². The third-order valence-electron chi connectivity index (χ3n) is 2.67. The van der Waals surface area contributed by atoms with E-state index >= 15 is 0 Å². The van der Waals surface area contributed by atoms with Crippen LogP contribution in [-0.4, -0.2) is 30.8 Å². The number of ether oxygens (including phenoxy) is 1. The normalized spacial score (nSPS) is 11.3. The van der Waals surface area contributed by atoms with Crippen molar-refractivity contribution in [3.05, 3.63) is 35.4 Å². The summed E-state index contributed by atoms with van der Waals surface area (Å²) in [6.45, 7) is 4.44. The number of amides is 1. The van der Waals surface area contributed by atoms with Crippen molar-refractivity contribution in [1.29, 1.82) is 0 Å². The summed E-state index contributed by atoms with van der Waals surface area (Å²) < 4.78 is 5.06. The first-order valence-corrected chi connectivity index (χ1v) is 6.74. The maximum atomic E-state index is 11.6. The summed E-state index contributed by atoms with van der Waals surface area (Å²) in [4.78, 5) is 11.6. The van der Waals surface area contributed by atoms with Crippen molar-refractivity contribution in [2.45, 2.75) is 26.3 Å². The van der Waals surface area contributed by atoms with E-state index in [2.05, 4.69) is 17.2 Å². The first kappa shape index (κ1) is 16.2. The van der Waals surface area contributed by atoms with Crippen LogP contribution in [0.1, 0.15) is 37.4 Å². The summed E-state index contributed by atoms with van der Waals surface area (Å²) in [7, 11) is 0. The Morgan fingerprint density at radius 3 is 3.00 bits per heavy atom. The molecule has 0 heterocycles. The first-order valence-electron chi connectivity index (χ1n) is 6.74. The molecule has 4 heteroatoms. The fourth-order valence-electron chi connectivity index (χ4n) is 1.67. The molecular weight excluding hydrogens is 254 g/mol. The number of aliphatic hydroxyl groups excluding tert-OH is 1. The summed E-state index contributed by atoms with van der Waals surface area (Å²) in [5.41, 5.74) is 1.87. The molecule has 0 saturated carbocycles.